The molecule has 5 heteroatoms. The first-order valence-electron chi connectivity index (χ1n) is 4.17. The summed E-state index contributed by atoms with van der Waals surface area (Å²) < 4.78 is 25.9. The van der Waals surface area contributed by atoms with E-state index in [2.05, 4.69) is 10.3 Å². The van der Waals surface area contributed by atoms with E-state index in [9.17, 15) is 8.78 Å². The Balaban J connectivity index is 2.14. The largest absolute Gasteiger partial charge is 0.336 e. The Morgan fingerprint density at radius 3 is 2.85 bits per heavy atom. The van der Waals surface area contributed by atoms with Gasteiger partial charge in [0.1, 0.15) is 0 Å². The molecule has 3 nitrogen and oxygen atoms in total. The Labute approximate surface area is 75.8 Å². The van der Waals surface area contributed by atoms with Crippen molar-refractivity contribution in [3.63, 3.8) is 0 Å². The zero-order valence-electron chi connectivity index (χ0n) is 7.45. The second-order valence-corrected chi connectivity index (χ2v) is 2.88. The summed E-state index contributed by atoms with van der Waals surface area (Å²) in [4.78, 5) is 3.84. The van der Waals surface area contributed by atoms with E-state index in [-0.39, 0.29) is 0 Å². The molecule has 1 N–H and O–H groups in total. The standard InChI is InChI=1S/C8H13F2N3/c1-7(8(9)10)12-3-5-13-4-2-11-6-13/h2,4,6-8,12H,3,5H2,1H3. The first-order chi connectivity index (χ1) is 6.20. The van der Waals surface area contributed by atoms with Crippen molar-refractivity contribution in [1.82, 2.24) is 14.9 Å². The van der Waals surface area contributed by atoms with E-state index in [1.54, 1.807) is 18.7 Å². The molecule has 0 aromatic carbocycles. The molecule has 0 fully saturated rings. The minimum absolute atomic E-state index is 0.530. The molecule has 0 aliphatic carbocycles. The number of nitrogens with one attached hydrogen (secondary N) is 1. The van der Waals surface area contributed by atoms with Gasteiger partial charge in [-0.3, -0.25) is 0 Å². The van der Waals surface area contributed by atoms with Gasteiger partial charge in [0, 0.05) is 25.5 Å². The van der Waals surface area contributed by atoms with Gasteiger partial charge < -0.3 is 9.88 Å². The molecule has 0 aliphatic rings. The van der Waals surface area contributed by atoms with Crippen molar-refractivity contribution in [3.05, 3.63) is 18.7 Å². The molecule has 1 heterocycles. The van der Waals surface area contributed by atoms with Crippen LogP contribution < -0.4 is 5.32 Å². The summed E-state index contributed by atoms with van der Waals surface area (Å²) in [6, 6.07) is -0.747. The molecule has 0 saturated heterocycles. The summed E-state index contributed by atoms with van der Waals surface area (Å²) in [6.07, 6.45) is 2.82. The lowest BCUT2D eigenvalue weighted by atomic mass is 10.3. The Morgan fingerprint density at radius 1 is 1.54 bits per heavy atom. The average Bonchev–Trinajstić information content (AvgIpc) is 2.56. The molecule has 1 aromatic heterocycles. The molecule has 1 atom stereocenters. The molecule has 0 saturated carbocycles. The van der Waals surface area contributed by atoms with E-state index in [0.29, 0.717) is 13.1 Å². The lowest BCUT2D eigenvalue weighted by Crippen LogP contribution is -2.34. The molecule has 0 spiro atoms. The molecule has 0 amide bonds. The van der Waals surface area contributed by atoms with Gasteiger partial charge in [0.25, 0.3) is 6.43 Å². The Morgan fingerprint density at radius 2 is 2.31 bits per heavy atom. The topological polar surface area (TPSA) is 29.9 Å². The fraction of sp³-hybridized carbons (Fsp3) is 0.625. The van der Waals surface area contributed by atoms with Crippen molar-refractivity contribution in [3.8, 4) is 0 Å². The second-order valence-electron chi connectivity index (χ2n) is 2.88. The Kier molecular flexibility index (Phi) is 3.82. The van der Waals surface area contributed by atoms with E-state index in [4.69, 9.17) is 0 Å². The van der Waals surface area contributed by atoms with Crippen LogP contribution in [0.3, 0.4) is 0 Å². The maximum atomic E-state index is 12.0. The summed E-state index contributed by atoms with van der Waals surface area (Å²) in [6.45, 7) is 2.66. The minimum atomic E-state index is -2.30. The van der Waals surface area contributed by atoms with Crippen molar-refractivity contribution in [2.45, 2.75) is 25.9 Å². The summed E-state index contributed by atoms with van der Waals surface area (Å²) in [5.74, 6) is 0. The molecular formula is C8H13F2N3. The highest BCUT2D eigenvalue weighted by atomic mass is 19.3. The monoisotopic (exact) mass is 189 g/mol. The number of aromatic nitrogens is 2. The van der Waals surface area contributed by atoms with Gasteiger partial charge in [-0.25, -0.2) is 13.8 Å². The number of nitrogens with zero attached hydrogens (tertiary/aromatic N) is 2. The van der Waals surface area contributed by atoms with Gasteiger partial charge >= 0.3 is 0 Å². The highest BCUT2D eigenvalue weighted by Crippen LogP contribution is 1.98. The van der Waals surface area contributed by atoms with E-state index in [1.165, 1.54) is 6.92 Å². The van der Waals surface area contributed by atoms with Gasteiger partial charge in [0.05, 0.1) is 12.4 Å². The maximum Gasteiger partial charge on any atom is 0.253 e. The van der Waals surface area contributed by atoms with Gasteiger partial charge in [0.15, 0.2) is 0 Å². The number of alkyl halides is 2. The smallest absolute Gasteiger partial charge is 0.253 e. The molecule has 13 heavy (non-hydrogen) atoms. The van der Waals surface area contributed by atoms with E-state index < -0.39 is 12.5 Å². The first kappa shape index (κ1) is 10.1. The summed E-state index contributed by atoms with van der Waals surface area (Å²) in [5.41, 5.74) is 0. The first-order valence-corrected chi connectivity index (χ1v) is 4.17. The number of halogens is 2. The van der Waals surface area contributed by atoms with Crippen molar-refractivity contribution in [1.29, 1.82) is 0 Å². The SMILES string of the molecule is CC(NCCn1ccnc1)C(F)F. The zero-order chi connectivity index (χ0) is 9.68. The number of hydrogen-bond donors (Lipinski definition) is 1. The molecular weight excluding hydrogens is 176 g/mol. The van der Waals surface area contributed by atoms with Crippen LogP contribution in [0.1, 0.15) is 6.92 Å². The normalized spacial score (nSPS) is 13.5. The van der Waals surface area contributed by atoms with Crippen LogP contribution in [0.25, 0.3) is 0 Å². The Bertz CT molecular complexity index is 223. The quantitative estimate of drug-likeness (QED) is 0.752. The summed E-state index contributed by atoms with van der Waals surface area (Å²) in [7, 11) is 0. The van der Waals surface area contributed by atoms with Gasteiger partial charge in [-0.2, -0.15) is 0 Å². The van der Waals surface area contributed by atoms with Crippen LogP contribution in [0.2, 0.25) is 0 Å². The van der Waals surface area contributed by atoms with Crippen LogP contribution in [0.4, 0.5) is 8.78 Å². The van der Waals surface area contributed by atoms with Crippen LogP contribution in [0.15, 0.2) is 18.7 Å². The van der Waals surface area contributed by atoms with E-state index in [1.807, 2.05) is 4.57 Å². The van der Waals surface area contributed by atoms with Gasteiger partial charge in [-0.15, -0.1) is 0 Å². The number of rotatable bonds is 5. The number of imidazole rings is 1. The second kappa shape index (κ2) is 4.91. The van der Waals surface area contributed by atoms with E-state index in [0.717, 1.165) is 0 Å². The number of hydrogen-bond acceptors (Lipinski definition) is 2. The lowest BCUT2D eigenvalue weighted by molar-refractivity contribution is 0.106. The van der Waals surface area contributed by atoms with Crippen LogP contribution in [-0.4, -0.2) is 28.6 Å². The summed E-state index contributed by atoms with van der Waals surface area (Å²) >= 11 is 0. The zero-order valence-corrected chi connectivity index (χ0v) is 7.45. The summed E-state index contributed by atoms with van der Waals surface area (Å²) in [5, 5.41) is 2.72. The third kappa shape index (κ3) is 3.50. The van der Waals surface area contributed by atoms with E-state index >= 15 is 0 Å². The molecule has 74 valence electrons. The fourth-order valence-corrected chi connectivity index (χ4v) is 0.929. The predicted octanol–water partition coefficient (Wildman–Crippen LogP) is 1.13. The molecule has 0 radical (unpaired) electrons. The molecule has 0 aliphatic heterocycles. The molecule has 1 rings (SSSR count). The predicted molar refractivity (Wildman–Crippen MR) is 45.7 cm³/mol. The van der Waals surface area contributed by atoms with Crippen molar-refractivity contribution < 1.29 is 8.78 Å². The maximum absolute atomic E-state index is 12.0. The molecule has 1 aromatic rings. The van der Waals surface area contributed by atoms with Gasteiger partial charge in [-0.1, -0.05) is 0 Å². The van der Waals surface area contributed by atoms with Crippen molar-refractivity contribution >= 4 is 0 Å². The lowest BCUT2D eigenvalue weighted by Gasteiger charge is -2.12. The van der Waals surface area contributed by atoms with Crippen molar-refractivity contribution in [2.75, 3.05) is 6.54 Å². The van der Waals surface area contributed by atoms with Crippen LogP contribution in [0, 0.1) is 0 Å². The van der Waals surface area contributed by atoms with Crippen LogP contribution in [0.5, 0.6) is 0 Å². The molecule has 0 bridgehead atoms. The van der Waals surface area contributed by atoms with Crippen LogP contribution in [-0.2, 0) is 6.54 Å². The highest BCUT2D eigenvalue weighted by molar-refractivity contribution is 4.74. The van der Waals surface area contributed by atoms with Crippen LogP contribution >= 0.6 is 0 Å². The highest BCUT2D eigenvalue weighted by Gasteiger charge is 2.12. The van der Waals surface area contributed by atoms with Gasteiger partial charge in [-0.05, 0) is 6.92 Å². The molecule has 1 unspecified atom stereocenters. The van der Waals surface area contributed by atoms with Crippen molar-refractivity contribution in [2.24, 2.45) is 0 Å². The fourth-order valence-electron chi connectivity index (χ4n) is 0.929. The third-order valence-corrected chi connectivity index (χ3v) is 1.77. The minimum Gasteiger partial charge on any atom is -0.336 e. The third-order valence-electron chi connectivity index (χ3n) is 1.77. The average molecular weight is 189 g/mol. The Hall–Kier alpha value is -0.970. The van der Waals surface area contributed by atoms with Gasteiger partial charge in [0.2, 0.25) is 0 Å².